The Morgan fingerprint density at radius 1 is 0.941 bits per heavy atom. The van der Waals surface area contributed by atoms with Gasteiger partial charge in [-0.25, -0.2) is 14.2 Å². The fraction of sp³-hybridized carbons (Fsp3) is 0.120. The van der Waals surface area contributed by atoms with Crippen LogP contribution in [0.15, 0.2) is 73.1 Å². The van der Waals surface area contributed by atoms with E-state index in [0.29, 0.717) is 34.9 Å². The molecular weight excluding hydrogens is 453 g/mol. The highest BCUT2D eigenvalue weighted by atomic mass is 32.1. The number of amides is 3. The molecule has 0 aliphatic carbocycles. The Morgan fingerprint density at radius 2 is 1.65 bits per heavy atom. The first-order chi connectivity index (χ1) is 16.5. The molecule has 4 aromatic rings. The van der Waals surface area contributed by atoms with Gasteiger partial charge in [0.15, 0.2) is 0 Å². The lowest BCUT2D eigenvalue weighted by Crippen LogP contribution is -2.28. The van der Waals surface area contributed by atoms with Crippen LogP contribution in [0, 0.1) is 12.7 Å². The van der Waals surface area contributed by atoms with E-state index in [-0.39, 0.29) is 17.8 Å². The number of nitrogens with one attached hydrogen (secondary N) is 3. The number of anilines is 2. The quantitative estimate of drug-likeness (QED) is 0.344. The summed E-state index contributed by atoms with van der Waals surface area (Å²) in [6, 6.07) is 16.4. The summed E-state index contributed by atoms with van der Waals surface area (Å²) < 4.78 is 13.1. The van der Waals surface area contributed by atoms with Gasteiger partial charge < -0.3 is 16.0 Å². The minimum Gasteiger partial charge on any atom is -0.334 e. The number of aryl methyl sites for hydroxylation is 1. The summed E-state index contributed by atoms with van der Waals surface area (Å²) in [6.45, 7) is 2.15. The number of pyridine rings is 1. The van der Waals surface area contributed by atoms with E-state index in [1.165, 1.54) is 23.5 Å². The third kappa shape index (κ3) is 6.23. The Morgan fingerprint density at radius 3 is 2.38 bits per heavy atom. The number of benzene rings is 2. The molecular formula is C25H22FN5O2S. The third-order valence-electron chi connectivity index (χ3n) is 4.90. The zero-order valence-electron chi connectivity index (χ0n) is 18.3. The van der Waals surface area contributed by atoms with Gasteiger partial charge in [0, 0.05) is 36.7 Å². The maximum absolute atomic E-state index is 13.1. The van der Waals surface area contributed by atoms with Crippen molar-refractivity contribution in [3.63, 3.8) is 0 Å². The molecule has 2 aromatic carbocycles. The first-order valence-electron chi connectivity index (χ1n) is 10.5. The van der Waals surface area contributed by atoms with Gasteiger partial charge in [0.25, 0.3) is 5.91 Å². The number of hydrogen-bond donors (Lipinski definition) is 3. The second kappa shape index (κ2) is 10.7. The molecule has 0 unspecified atom stereocenters. The highest BCUT2D eigenvalue weighted by molar-refractivity contribution is 7.14. The summed E-state index contributed by atoms with van der Waals surface area (Å²) in [7, 11) is 0. The van der Waals surface area contributed by atoms with E-state index < -0.39 is 0 Å². The topological polar surface area (TPSA) is 96.0 Å². The Hall–Kier alpha value is -4.11. The van der Waals surface area contributed by atoms with Crippen molar-refractivity contribution in [2.24, 2.45) is 0 Å². The van der Waals surface area contributed by atoms with Crippen LogP contribution in [0.3, 0.4) is 0 Å². The fourth-order valence-electron chi connectivity index (χ4n) is 3.24. The van der Waals surface area contributed by atoms with Crippen LogP contribution < -0.4 is 16.0 Å². The predicted molar refractivity (Wildman–Crippen MR) is 131 cm³/mol. The second-order valence-electron chi connectivity index (χ2n) is 7.52. The van der Waals surface area contributed by atoms with Crippen molar-refractivity contribution in [2.75, 3.05) is 10.6 Å². The van der Waals surface area contributed by atoms with Gasteiger partial charge in [-0.05, 0) is 60.5 Å². The molecule has 172 valence electrons. The van der Waals surface area contributed by atoms with E-state index in [2.05, 4.69) is 25.9 Å². The molecule has 0 spiro atoms. The van der Waals surface area contributed by atoms with Crippen LogP contribution >= 0.6 is 11.3 Å². The number of rotatable bonds is 7. The van der Waals surface area contributed by atoms with Crippen LogP contribution in [-0.2, 0) is 13.0 Å². The number of carbonyl (C=O) groups is 2. The lowest BCUT2D eigenvalue weighted by molar-refractivity contribution is 0.103. The normalized spacial score (nSPS) is 10.5. The maximum atomic E-state index is 13.1. The Kier molecular flexibility index (Phi) is 7.24. The number of halogens is 1. The second-order valence-corrected chi connectivity index (χ2v) is 8.61. The molecule has 0 radical (unpaired) electrons. The first kappa shape index (κ1) is 23.1. The smallest absolute Gasteiger partial charge is 0.319 e. The van der Waals surface area contributed by atoms with Crippen LogP contribution in [-0.4, -0.2) is 21.9 Å². The lowest BCUT2D eigenvalue weighted by Gasteiger charge is -2.10. The summed E-state index contributed by atoms with van der Waals surface area (Å²) in [5.41, 5.74) is 3.57. The molecule has 3 N–H and O–H groups in total. The van der Waals surface area contributed by atoms with Gasteiger partial charge in [-0.3, -0.25) is 9.78 Å². The number of thiazole rings is 1. The summed E-state index contributed by atoms with van der Waals surface area (Å²) in [4.78, 5) is 34.0. The first-order valence-corrected chi connectivity index (χ1v) is 11.3. The average Bonchev–Trinajstić information content (AvgIpc) is 3.20. The zero-order valence-corrected chi connectivity index (χ0v) is 19.2. The van der Waals surface area contributed by atoms with Crippen molar-refractivity contribution < 1.29 is 14.0 Å². The standard InChI is InChI=1S/C25H22FN5O2S/c1-16-23(34-22(29-16)13-17-5-7-19(26)8-6-17)24(32)30-20-3-2-4-21(14-20)31-25(33)28-15-18-9-11-27-12-10-18/h2-12,14H,13,15H2,1H3,(H,30,32)(H2,28,31,33). The lowest BCUT2D eigenvalue weighted by atomic mass is 10.1. The SMILES string of the molecule is Cc1nc(Cc2ccc(F)cc2)sc1C(=O)Nc1cccc(NC(=O)NCc2ccncc2)c1. The van der Waals surface area contributed by atoms with E-state index in [0.717, 1.165) is 16.1 Å². The molecule has 0 fully saturated rings. The van der Waals surface area contributed by atoms with Crippen LogP contribution in [0.5, 0.6) is 0 Å². The van der Waals surface area contributed by atoms with E-state index in [1.807, 2.05) is 12.1 Å². The van der Waals surface area contributed by atoms with Crippen molar-refractivity contribution >= 4 is 34.6 Å². The van der Waals surface area contributed by atoms with Crippen LogP contribution in [0.1, 0.15) is 31.5 Å². The minimum absolute atomic E-state index is 0.278. The molecule has 0 saturated heterocycles. The van der Waals surface area contributed by atoms with Gasteiger partial charge in [0.1, 0.15) is 10.7 Å². The molecule has 0 aliphatic rings. The van der Waals surface area contributed by atoms with Gasteiger partial charge >= 0.3 is 6.03 Å². The third-order valence-corrected chi connectivity index (χ3v) is 6.05. The van der Waals surface area contributed by atoms with Crippen LogP contribution in [0.4, 0.5) is 20.6 Å². The van der Waals surface area contributed by atoms with E-state index in [1.54, 1.807) is 55.7 Å². The molecule has 34 heavy (non-hydrogen) atoms. The zero-order chi connectivity index (χ0) is 23.9. The van der Waals surface area contributed by atoms with Gasteiger partial charge in [-0.1, -0.05) is 18.2 Å². The van der Waals surface area contributed by atoms with Crippen molar-refractivity contribution in [1.82, 2.24) is 15.3 Å². The van der Waals surface area contributed by atoms with E-state index in [4.69, 9.17) is 0 Å². The summed E-state index contributed by atoms with van der Waals surface area (Å²) in [5, 5.41) is 9.17. The van der Waals surface area contributed by atoms with Gasteiger partial charge in [0.2, 0.25) is 0 Å². The minimum atomic E-state index is -0.357. The number of carbonyl (C=O) groups excluding carboxylic acids is 2. The van der Waals surface area contributed by atoms with Crippen molar-refractivity contribution in [1.29, 1.82) is 0 Å². The molecule has 0 saturated carbocycles. The van der Waals surface area contributed by atoms with Crippen LogP contribution in [0.2, 0.25) is 0 Å². The molecule has 2 heterocycles. The number of urea groups is 1. The molecule has 3 amide bonds. The average molecular weight is 476 g/mol. The Balaban J connectivity index is 1.36. The molecule has 0 bridgehead atoms. The molecule has 4 rings (SSSR count). The number of nitrogens with zero attached hydrogens (tertiary/aromatic N) is 2. The maximum Gasteiger partial charge on any atom is 0.319 e. The van der Waals surface area contributed by atoms with Gasteiger partial charge in [-0.2, -0.15) is 0 Å². The molecule has 0 aliphatic heterocycles. The Bertz CT molecular complexity index is 1290. The highest BCUT2D eigenvalue weighted by Gasteiger charge is 2.16. The fourth-order valence-corrected chi connectivity index (χ4v) is 4.23. The summed E-state index contributed by atoms with van der Waals surface area (Å²) >= 11 is 1.30. The van der Waals surface area contributed by atoms with E-state index >= 15 is 0 Å². The van der Waals surface area contributed by atoms with Crippen molar-refractivity contribution in [3.05, 3.63) is 106 Å². The van der Waals surface area contributed by atoms with E-state index in [9.17, 15) is 14.0 Å². The predicted octanol–water partition coefficient (Wildman–Crippen LogP) is 5.15. The molecule has 7 nitrogen and oxygen atoms in total. The number of hydrogen-bond acceptors (Lipinski definition) is 5. The largest absolute Gasteiger partial charge is 0.334 e. The summed E-state index contributed by atoms with van der Waals surface area (Å²) in [5.74, 6) is -0.568. The van der Waals surface area contributed by atoms with Gasteiger partial charge in [0.05, 0.1) is 10.7 Å². The molecule has 0 atom stereocenters. The van der Waals surface area contributed by atoms with Crippen LogP contribution in [0.25, 0.3) is 0 Å². The monoisotopic (exact) mass is 475 g/mol. The Labute approximate surface area is 200 Å². The van der Waals surface area contributed by atoms with Gasteiger partial charge in [-0.15, -0.1) is 11.3 Å². The molecule has 9 heteroatoms. The molecule has 2 aromatic heterocycles. The number of aromatic nitrogens is 2. The van der Waals surface area contributed by atoms with Crippen molar-refractivity contribution in [2.45, 2.75) is 19.9 Å². The highest BCUT2D eigenvalue weighted by Crippen LogP contribution is 2.23. The van der Waals surface area contributed by atoms with Crippen molar-refractivity contribution in [3.8, 4) is 0 Å². The summed E-state index contributed by atoms with van der Waals surface area (Å²) in [6.07, 6.45) is 3.85.